The molecular formula is C42H48N4O15. The Morgan fingerprint density at radius 2 is 1.72 bits per heavy atom. The molecule has 1 aliphatic heterocycles. The zero-order chi connectivity index (χ0) is 44.3. The number of esters is 2. The molecule has 4 unspecified atom stereocenters. The van der Waals surface area contributed by atoms with E-state index in [9.17, 15) is 49.5 Å². The summed E-state index contributed by atoms with van der Waals surface area (Å²) in [6, 6.07) is 6.67. The van der Waals surface area contributed by atoms with Gasteiger partial charge in [-0.05, 0) is 45.0 Å². The molecule has 0 bridgehead atoms. The highest BCUT2D eigenvalue weighted by atomic mass is 16.7. The van der Waals surface area contributed by atoms with Crippen LogP contribution in [-0.2, 0) is 35.0 Å². The highest BCUT2D eigenvalue weighted by Crippen LogP contribution is 2.52. The maximum atomic E-state index is 14.2. The second kappa shape index (κ2) is 18.4. The average molecular weight is 849 g/mol. The molecule has 2 aromatic carbocycles. The first-order chi connectivity index (χ1) is 29.0. The predicted octanol–water partition coefficient (Wildman–Crippen LogP) is 2.36. The van der Waals surface area contributed by atoms with Crippen LogP contribution >= 0.6 is 0 Å². The SMILES string of the molecule is COc1cccc2c1C(=O)c1c(O)c3c(c(O)c1C2=O)C[C@@](O)(/C(CO)=N/Nc1ccc(C(C)=O)cn1)C[C@@H]3OC1CC(NCCCC(OC(C)=O)OC(C)=O)C(O)C(C)O1. The molecule has 1 aromatic heterocycles. The summed E-state index contributed by atoms with van der Waals surface area (Å²) in [7, 11) is 1.32. The van der Waals surface area contributed by atoms with Crippen molar-refractivity contribution in [1.29, 1.82) is 0 Å². The van der Waals surface area contributed by atoms with Gasteiger partial charge in [0.25, 0.3) is 0 Å². The Morgan fingerprint density at radius 1 is 1.02 bits per heavy atom. The minimum atomic E-state index is -2.14. The van der Waals surface area contributed by atoms with E-state index in [0.29, 0.717) is 12.0 Å². The number of nitrogens with one attached hydrogen (secondary N) is 2. The van der Waals surface area contributed by atoms with E-state index in [1.54, 1.807) is 6.92 Å². The third-order valence-electron chi connectivity index (χ3n) is 10.9. The molecule has 61 heavy (non-hydrogen) atoms. The molecule has 0 spiro atoms. The van der Waals surface area contributed by atoms with Crippen LogP contribution in [0.1, 0.15) is 113 Å². The zero-order valence-corrected chi connectivity index (χ0v) is 34.1. The molecule has 3 aliphatic rings. The van der Waals surface area contributed by atoms with E-state index in [0.717, 1.165) is 0 Å². The summed E-state index contributed by atoms with van der Waals surface area (Å²) in [6.07, 6.45) is -4.67. The van der Waals surface area contributed by atoms with E-state index < -0.39 is 108 Å². The van der Waals surface area contributed by atoms with E-state index in [-0.39, 0.29) is 64.7 Å². The molecule has 2 heterocycles. The number of hydrogen-bond donors (Lipinski definition) is 7. The normalized spacial score (nSPS) is 23.4. The fourth-order valence-corrected chi connectivity index (χ4v) is 7.93. The zero-order valence-electron chi connectivity index (χ0n) is 34.1. The average Bonchev–Trinajstić information content (AvgIpc) is 3.20. The molecule has 2 aliphatic carbocycles. The second-order valence-corrected chi connectivity index (χ2v) is 15.1. The lowest BCUT2D eigenvalue weighted by molar-refractivity contribution is -0.248. The van der Waals surface area contributed by atoms with Crippen molar-refractivity contribution in [2.24, 2.45) is 5.10 Å². The highest BCUT2D eigenvalue weighted by Gasteiger charge is 2.50. The van der Waals surface area contributed by atoms with Crippen molar-refractivity contribution in [1.82, 2.24) is 10.3 Å². The van der Waals surface area contributed by atoms with Crippen LogP contribution in [0.4, 0.5) is 5.82 Å². The number of nitrogens with zero attached hydrogens (tertiary/aromatic N) is 2. The summed E-state index contributed by atoms with van der Waals surface area (Å²) >= 11 is 0. The van der Waals surface area contributed by atoms with Crippen LogP contribution < -0.4 is 15.5 Å². The van der Waals surface area contributed by atoms with Crippen LogP contribution in [0.2, 0.25) is 0 Å². The van der Waals surface area contributed by atoms with Gasteiger partial charge in [0.1, 0.15) is 28.7 Å². The number of anilines is 1. The van der Waals surface area contributed by atoms with Gasteiger partial charge in [0, 0.05) is 74.0 Å². The van der Waals surface area contributed by atoms with Crippen LogP contribution in [0.15, 0.2) is 41.6 Å². The number of fused-ring (bicyclic) bond motifs is 3. The summed E-state index contributed by atoms with van der Waals surface area (Å²) in [6.45, 7) is 4.79. The smallest absolute Gasteiger partial charge is 0.305 e. The monoisotopic (exact) mass is 848 g/mol. The van der Waals surface area contributed by atoms with Crippen LogP contribution in [0.3, 0.4) is 0 Å². The van der Waals surface area contributed by atoms with E-state index in [1.165, 1.54) is 64.4 Å². The maximum Gasteiger partial charge on any atom is 0.305 e. The first-order valence-corrected chi connectivity index (χ1v) is 19.5. The van der Waals surface area contributed by atoms with Gasteiger partial charge < -0.3 is 54.5 Å². The summed E-state index contributed by atoms with van der Waals surface area (Å²) in [4.78, 5) is 67.1. The van der Waals surface area contributed by atoms with E-state index in [2.05, 4.69) is 20.8 Å². The number of Topliss-reactive ketones (excluding diaryl/α,β-unsaturated/α-hetero) is 1. The molecule has 326 valence electrons. The van der Waals surface area contributed by atoms with Crippen molar-refractivity contribution >= 4 is 40.8 Å². The number of carbonyl (C=O) groups is 5. The third kappa shape index (κ3) is 9.26. The fraction of sp³-hybridized carbons (Fsp3) is 0.452. The molecule has 6 atom stereocenters. The summed E-state index contributed by atoms with van der Waals surface area (Å²) in [5, 5.41) is 65.5. The molecule has 7 N–H and O–H groups in total. The van der Waals surface area contributed by atoms with Gasteiger partial charge in [-0.3, -0.25) is 29.4 Å². The summed E-state index contributed by atoms with van der Waals surface area (Å²) < 4.78 is 28.0. The Hall–Kier alpha value is -5.83. The Balaban J connectivity index is 1.35. The van der Waals surface area contributed by atoms with Crippen LogP contribution in [0, 0.1) is 0 Å². The lowest BCUT2D eigenvalue weighted by Gasteiger charge is -2.43. The topological polar surface area (TPSA) is 282 Å². The number of aromatic nitrogens is 1. The number of pyridine rings is 1. The van der Waals surface area contributed by atoms with Crippen LogP contribution in [0.5, 0.6) is 17.2 Å². The number of aliphatic hydroxyl groups is 3. The number of carbonyl (C=O) groups excluding carboxylic acids is 5. The number of hydrogen-bond acceptors (Lipinski definition) is 19. The van der Waals surface area contributed by atoms with Crippen molar-refractivity contribution in [3.8, 4) is 17.2 Å². The Morgan fingerprint density at radius 3 is 2.34 bits per heavy atom. The van der Waals surface area contributed by atoms with Gasteiger partial charge in [-0.25, -0.2) is 4.98 Å². The van der Waals surface area contributed by atoms with E-state index >= 15 is 0 Å². The first kappa shape index (κ1) is 44.7. The van der Waals surface area contributed by atoms with Gasteiger partial charge in [0.05, 0.1) is 54.4 Å². The van der Waals surface area contributed by atoms with E-state index in [1.807, 2.05) is 0 Å². The minimum Gasteiger partial charge on any atom is -0.507 e. The molecule has 0 radical (unpaired) electrons. The van der Waals surface area contributed by atoms with Gasteiger partial charge in [0.15, 0.2) is 17.9 Å². The number of aromatic hydroxyl groups is 2. The summed E-state index contributed by atoms with van der Waals surface area (Å²) in [5.74, 6) is -4.24. The largest absolute Gasteiger partial charge is 0.507 e. The molecule has 1 fully saturated rings. The molecule has 0 saturated carbocycles. The number of methoxy groups -OCH3 is 1. The maximum absolute atomic E-state index is 14.2. The molecule has 3 aromatic rings. The third-order valence-corrected chi connectivity index (χ3v) is 10.9. The number of phenolic OH excluding ortho intramolecular Hbond substituents is 2. The second-order valence-electron chi connectivity index (χ2n) is 15.1. The van der Waals surface area contributed by atoms with Gasteiger partial charge in [0.2, 0.25) is 12.1 Å². The van der Waals surface area contributed by atoms with Gasteiger partial charge in [-0.2, -0.15) is 5.10 Å². The highest BCUT2D eigenvalue weighted by molar-refractivity contribution is 6.31. The number of rotatable bonds is 15. The Kier molecular flexibility index (Phi) is 13.5. The fourth-order valence-electron chi connectivity index (χ4n) is 7.93. The standard InChI is InChI=1S/C42H48N4O15/c1-19(48)23-11-12-30(44-17-23)46-45-29(18-47)42(56)15-25-34(41(55)36-35(39(25)53)38(52)24-8-6-9-27(57-5)33(24)40(36)54)28(16-42)61-32-14-26(37(51)20(2)58-32)43-13-7-10-31(59-21(3)49)60-22(4)50/h6,8-9,11-12,17,20,26,28,31-32,37,43,47,51,53,55-56H,7,10,13-16,18H2,1-5H3,(H,44,46)/b45-29+/t20?,26?,28-,32?,37?,42-/m0/s1. The van der Waals surface area contributed by atoms with Crippen molar-refractivity contribution < 1.29 is 73.2 Å². The minimum absolute atomic E-state index is 0.00278. The molecule has 6 rings (SSSR count). The first-order valence-electron chi connectivity index (χ1n) is 19.5. The number of phenols is 2. The summed E-state index contributed by atoms with van der Waals surface area (Å²) in [5.41, 5.74) is -0.891. The number of ketones is 3. The van der Waals surface area contributed by atoms with Crippen LogP contribution in [-0.4, -0.2) is 122 Å². The number of benzene rings is 2. The quantitative estimate of drug-likeness (QED) is 0.0172. The number of aliphatic hydroxyl groups excluding tert-OH is 2. The van der Waals surface area contributed by atoms with Crippen molar-refractivity contribution in [2.45, 2.75) is 102 Å². The lowest BCUT2D eigenvalue weighted by atomic mass is 9.71. The van der Waals surface area contributed by atoms with Crippen LogP contribution in [0.25, 0.3) is 0 Å². The molecule has 0 amide bonds. The molecular weight excluding hydrogens is 800 g/mol. The van der Waals surface area contributed by atoms with Gasteiger partial charge >= 0.3 is 11.9 Å². The van der Waals surface area contributed by atoms with Crippen molar-refractivity contribution in [2.75, 3.05) is 25.7 Å². The Labute approximate surface area is 349 Å². The van der Waals surface area contributed by atoms with Gasteiger partial charge in [-0.1, -0.05) is 12.1 Å². The predicted molar refractivity (Wildman–Crippen MR) is 212 cm³/mol. The van der Waals surface area contributed by atoms with E-state index in [4.69, 9.17) is 23.7 Å². The van der Waals surface area contributed by atoms with Crippen molar-refractivity contribution in [3.63, 3.8) is 0 Å². The molecule has 19 nitrogen and oxygen atoms in total. The Bertz CT molecular complexity index is 2230. The molecule has 19 heteroatoms. The lowest BCUT2D eigenvalue weighted by Crippen LogP contribution is -2.55. The number of hydrazone groups is 1. The van der Waals surface area contributed by atoms with Crippen molar-refractivity contribution in [3.05, 3.63) is 75.5 Å². The number of ether oxygens (including phenoxy) is 5. The molecule has 1 saturated heterocycles. The van der Waals surface area contributed by atoms with Gasteiger partial charge in [-0.15, -0.1) is 0 Å².